The molecule has 3 nitrogen and oxygen atoms in total. The molecule has 0 bridgehead atoms. The Morgan fingerprint density at radius 2 is 1.94 bits per heavy atom. The van der Waals surface area contributed by atoms with Gasteiger partial charge in [-0.3, -0.25) is 4.79 Å². The third kappa shape index (κ3) is 2.18. The van der Waals surface area contributed by atoms with Gasteiger partial charge in [-0.25, -0.2) is 4.39 Å². The maximum Gasteiger partial charge on any atom is 0.197 e. The van der Waals surface area contributed by atoms with E-state index in [-0.39, 0.29) is 11.5 Å². The number of furan rings is 1. The Balaban J connectivity index is 2.53. The second-order valence-corrected chi connectivity index (χ2v) is 4.86. The van der Waals surface area contributed by atoms with Crippen molar-refractivity contribution in [1.82, 2.24) is 0 Å². The van der Waals surface area contributed by atoms with Crippen molar-refractivity contribution in [2.45, 2.75) is 13.8 Å². The third-order valence-corrected chi connectivity index (χ3v) is 3.27. The summed E-state index contributed by atoms with van der Waals surface area (Å²) >= 11 is 3.16. The second-order valence-electron chi connectivity index (χ2n) is 4.01. The minimum Gasteiger partial charge on any atom is -0.466 e. The molecule has 1 aromatic heterocycles. The van der Waals surface area contributed by atoms with E-state index < -0.39 is 5.82 Å². The first-order chi connectivity index (χ1) is 8.40. The molecule has 0 aliphatic rings. The molecule has 0 spiro atoms. The van der Waals surface area contributed by atoms with Crippen molar-refractivity contribution in [3.8, 4) is 0 Å². The highest BCUT2D eigenvalue weighted by Gasteiger charge is 2.19. The first-order valence-corrected chi connectivity index (χ1v) is 6.05. The zero-order valence-electron chi connectivity index (χ0n) is 9.88. The zero-order valence-corrected chi connectivity index (χ0v) is 11.5. The number of nitrogens with two attached hydrogens (primary N) is 1. The normalized spacial score (nSPS) is 10.7. The van der Waals surface area contributed by atoms with Crippen LogP contribution in [0.3, 0.4) is 0 Å². The summed E-state index contributed by atoms with van der Waals surface area (Å²) in [5.74, 6) is 0.385. The summed E-state index contributed by atoms with van der Waals surface area (Å²) in [4.78, 5) is 12.3. The Morgan fingerprint density at radius 1 is 1.28 bits per heavy atom. The molecular formula is C13H11BrFNO2. The minimum absolute atomic E-state index is 0.0561. The highest BCUT2D eigenvalue weighted by atomic mass is 79.9. The van der Waals surface area contributed by atoms with Crippen LogP contribution in [0.4, 0.5) is 10.1 Å². The predicted molar refractivity (Wildman–Crippen MR) is 70.1 cm³/mol. The Morgan fingerprint density at radius 3 is 2.50 bits per heavy atom. The molecular weight excluding hydrogens is 301 g/mol. The van der Waals surface area contributed by atoms with Crippen LogP contribution in [0.25, 0.3) is 0 Å². The number of ketones is 1. The van der Waals surface area contributed by atoms with E-state index in [2.05, 4.69) is 15.9 Å². The van der Waals surface area contributed by atoms with Gasteiger partial charge in [-0.15, -0.1) is 0 Å². The van der Waals surface area contributed by atoms with Crippen molar-refractivity contribution in [2.75, 3.05) is 5.73 Å². The number of rotatable bonds is 2. The van der Waals surface area contributed by atoms with E-state index in [1.807, 2.05) is 0 Å². The molecule has 94 valence electrons. The predicted octanol–water partition coefficient (Wildman–Crippen LogP) is 3.61. The summed E-state index contributed by atoms with van der Waals surface area (Å²) in [6.07, 6.45) is 0. The molecule has 0 amide bonds. The summed E-state index contributed by atoms with van der Waals surface area (Å²) in [5.41, 5.74) is 6.20. The highest BCUT2D eigenvalue weighted by Crippen LogP contribution is 2.27. The lowest BCUT2D eigenvalue weighted by molar-refractivity contribution is 0.103. The SMILES string of the molecule is Cc1cc(C(=O)c2cc(N)c(F)cc2Br)c(C)o1. The van der Waals surface area contributed by atoms with Crippen LogP contribution < -0.4 is 5.73 Å². The fourth-order valence-corrected chi connectivity index (χ4v) is 2.24. The van der Waals surface area contributed by atoms with Crippen molar-refractivity contribution in [3.05, 3.63) is 51.1 Å². The number of anilines is 1. The number of hydrogen-bond acceptors (Lipinski definition) is 3. The smallest absolute Gasteiger partial charge is 0.197 e. The van der Waals surface area contributed by atoms with Crippen LogP contribution in [0, 0.1) is 19.7 Å². The number of nitrogen functional groups attached to an aromatic ring is 1. The minimum atomic E-state index is -0.557. The Hall–Kier alpha value is -1.62. The summed E-state index contributed by atoms with van der Waals surface area (Å²) in [6.45, 7) is 3.47. The Kier molecular flexibility index (Phi) is 3.26. The average Bonchev–Trinajstić information content (AvgIpc) is 2.62. The highest BCUT2D eigenvalue weighted by molar-refractivity contribution is 9.10. The molecule has 0 radical (unpaired) electrons. The molecule has 18 heavy (non-hydrogen) atoms. The first kappa shape index (κ1) is 12.8. The van der Waals surface area contributed by atoms with Gasteiger partial charge in [0.1, 0.15) is 17.3 Å². The van der Waals surface area contributed by atoms with Crippen LogP contribution in [0.2, 0.25) is 0 Å². The Labute approximate surface area is 112 Å². The summed E-state index contributed by atoms with van der Waals surface area (Å²) in [6, 6.07) is 4.16. The molecule has 0 aliphatic heterocycles. The number of benzene rings is 1. The van der Waals surface area contributed by atoms with Crippen LogP contribution in [-0.4, -0.2) is 5.78 Å². The van der Waals surface area contributed by atoms with Crippen LogP contribution in [-0.2, 0) is 0 Å². The van der Waals surface area contributed by atoms with E-state index in [0.717, 1.165) is 0 Å². The van der Waals surface area contributed by atoms with Gasteiger partial charge in [-0.1, -0.05) is 0 Å². The molecule has 2 aromatic rings. The molecule has 0 fully saturated rings. The second kappa shape index (κ2) is 4.57. The van der Waals surface area contributed by atoms with Crippen molar-refractivity contribution >= 4 is 27.4 Å². The monoisotopic (exact) mass is 311 g/mol. The van der Waals surface area contributed by atoms with Gasteiger partial charge in [0.15, 0.2) is 5.78 Å². The van der Waals surface area contributed by atoms with Crippen molar-refractivity contribution in [1.29, 1.82) is 0 Å². The van der Waals surface area contributed by atoms with Gasteiger partial charge in [0, 0.05) is 10.0 Å². The van der Waals surface area contributed by atoms with Crippen LogP contribution >= 0.6 is 15.9 Å². The quantitative estimate of drug-likeness (QED) is 0.681. The molecule has 2 rings (SSSR count). The number of hydrogen-bond donors (Lipinski definition) is 1. The maximum atomic E-state index is 13.2. The van der Waals surface area contributed by atoms with Gasteiger partial charge < -0.3 is 10.2 Å². The van der Waals surface area contributed by atoms with Gasteiger partial charge in [-0.05, 0) is 48.0 Å². The Bertz CT molecular complexity index is 634. The molecule has 1 heterocycles. The third-order valence-electron chi connectivity index (χ3n) is 2.62. The fourth-order valence-electron chi connectivity index (χ4n) is 1.74. The van der Waals surface area contributed by atoms with Gasteiger partial charge in [0.2, 0.25) is 0 Å². The van der Waals surface area contributed by atoms with E-state index in [1.165, 1.54) is 12.1 Å². The van der Waals surface area contributed by atoms with Crippen LogP contribution in [0.1, 0.15) is 27.4 Å². The van der Waals surface area contributed by atoms with Crippen molar-refractivity contribution in [3.63, 3.8) is 0 Å². The summed E-state index contributed by atoms with van der Waals surface area (Å²) < 4.78 is 18.9. The number of aryl methyl sites for hydroxylation is 2. The average molecular weight is 312 g/mol. The lowest BCUT2D eigenvalue weighted by Crippen LogP contribution is -2.05. The number of carbonyl (C=O) groups excluding carboxylic acids is 1. The van der Waals surface area contributed by atoms with Gasteiger partial charge in [-0.2, -0.15) is 0 Å². The van der Waals surface area contributed by atoms with Gasteiger partial charge in [0.25, 0.3) is 0 Å². The van der Waals surface area contributed by atoms with E-state index in [9.17, 15) is 9.18 Å². The standard InChI is InChI=1S/C13H11BrFNO2/c1-6-3-8(7(2)18-6)13(17)9-4-12(16)11(15)5-10(9)14/h3-5H,16H2,1-2H3. The molecule has 0 aliphatic carbocycles. The molecule has 0 atom stereocenters. The lowest BCUT2D eigenvalue weighted by atomic mass is 10.0. The van der Waals surface area contributed by atoms with E-state index in [1.54, 1.807) is 19.9 Å². The number of carbonyl (C=O) groups is 1. The van der Waals surface area contributed by atoms with E-state index >= 15 is 0 Å². The maximum absolute atomic E-state index is 13.2. The molecule has 2 N–H and O–H groups in total. The summed E-state index contributed by atoms with van der Waals surface area (Å²) in [5, 5.41) is 0. The van der Waals surface area contributed by atoms with Crippen LogP contribution in [0.5, 0.6) is 0 Å². The van der Waals surface area contributed by atoms with Crippen LogP contribution in [0.15, 0.2) is 27.1 Å². The molecule has 0 saturated carbocycles. The van der Waals surface area contributed by atoms with Gasteiger partial charge in [0.05, 0.1) is 11.3 Å². The largest absolute Gasteiger partial charge is 0.466 e. The van der Waals surface area contributed by atoms with Gasteiger partial charge >= 0.3 is 0 Å². The lowest BCUT2D eigenvalue weighted by Gasteiger charge is -2.05. The van der Waals surface area contributed by atoms with E-state index in [4.69, 9.17) is 10.2 Å². The summed E-state index contributed by atoms with van der Waals surface area (Å²) in [7, 11) is 0. The molecule has 0 unspecified atom stereocenters. The molecule has 0 saturated heterocycles. The van der Waals surface area contributed by atoms with E-state index in [0.29, 0.717) is 27.1 Å². The van der Waals surface area contributed by atoms with Crippen molar-refractivity contribution < 1.29 is 13.6 Å². The topological polar surface area (TPSA) is 56.2 Å². The number of halogens is 2. The zero-order chi connectivity index (χ0) is 13.4. The molecule has 1 aromatic carbocycles. The first-order valence-electron chi connectivity index (χ1n) is 5.26. The fraction of sp³-hybridized carbons (Fsp3) is 0.154. The van der Waals surface area contributed by atoms with Crippen molar-refractivity contribution in [2.24, 2.45) is 0 Å². The molecule has 5 heteroatoms.